The maximum atomic E-state index is 6.84. The number of methoxy groups -OCH3 is 1. The van der Waals surface area contributed by atoms with E-state index in [4.69, 9.17) is 14.2 Å². The van der Waals surface area contributed by atoms with Crippen molar-refractivity contribution in [3.05, 3.63) is 57.6 Å². The van der Waals surface area contributed by atoms with Crippen LogP contribution in [0.4, 0.5) is 0 Å². The summed E-state index contributed by atoms with van der Waals surface area (Å²) >= 11 is 0. The van der Waals surface area contributed by atoms with E-state index >= 15 is 0 Å². The third kappa shape index (κ3) is 8.53. The first-order valence-electron chi connectivity index (χ1n) is 15.3. The molecule has 2 aromatic carbocycles. The summed E-state index contributed by atoms with van der Waals surface area (Å²) in [6, 6.07) is 9.26. The Labute approximate surface area is 253 Å². The van der Waals surface area contributed by atoms with E-state index in [0.29, 0.717) is 0 Å². The van der Waals surface area contributed by atoms with Gasteiger partial charge < -0.3 is 14.2 Å². The van der Waals surface area contributed by atoms with E-state index < -0.39 is 6.48 Å². The Hall–Kier alpha value is -2.00. The quantitative estimate of drug-likeness (QED) is 0.337. The first-order chi connectivity index (χ1) is 18.1. The van der Waals surface area contributed by atoms with E-state index in [2.05, 4.69) is 149 Å². The predicted molar refractivity (Wildman–Crippen MR) is 177 cm³/mol. The second-order valence-electron chi connectivity index (χ2n) is 18.1. The third-order valence-corrected chi connectivity index (χ3v) is 7.76. The molecule has 0 amide bonds. The normalized spacial score (nSPS) is 14.0. The molecule has 0 heterocycles. The lowest BCUT2D eigenvalue weighted by atomic mass is 9.74. The van der Waals surface area contributed by atoms with Gasteiger partial charge in [-0.1, -0.05) is 149 Å². The van der Waals surface area contributed by atoms with Crippen molar-refractivity contribution in [2.45, 2.75) is 164 Å². The molecule has 0 aliphatic rings. The molecule has 2 aromatic rings. The maximum Gasteiger partial charge on any atom is 0.360 e. The van der Waals surface area contributed by atoms with Gasteiger partial charge in [-0.15, -0.1) is 0 Å². The highest BCUT2D eigenvalue weighted by Gasteiger charge is 2.35. The minimum absolute atomic E-state index is 0.00765. The summed E-state index contributed by atoms with van der Waals surface area (Å²) in [4.78, 5) is 0. The molecule has 0 aliphatic carbocycles. The fourth-order valence-corrected chi connectivity index (χ4v) is 4.92. The second-order valence-corrected chi connectivity index (χ2v) is 18.1. The molecule has 2 rings (SSSR count). The van der Waals surface area contributed by atoms with Crippen LogP contribution >= 0.6 is 0 Å². The van der Waals surface area contributed by atoms with E-state index in [0.717, 1.165) is 33.8 Å². The Morgan fingerprint density at radius 2 is 0.610 bits per heavy atom. The number of hydrogen-bond acceptors (Lipinski definition) is 3. The average Bonchev–Trinajstić information content (AvgIpc) is 2.73. The van der Waals surface area contributed by atoms with E-state index in [1.807, 2.05) is 0 Å². The van der Waals surface area contributed by atoms with Gasteiger partial charge in [-0.2, -0.15) is 0 Å². The van der Waals surface area contributed by atoms with Crippen molar-refractivity contribution in [2.24, 2.45) is 0 Å². The second kappa shape index (κ2) is 11.3. The van der Waals surface area contributed by atoms with Crippen molar-refractivity contribution in [1.29, 1.82) is 0 Å². The van der Waals surface area contributed by atoms with Crippen molar-refractivity contribution < 1.29 is 14.2 Å². The fraction of sp³-hybridized carbons (Fsp3) is 0.684. The minimum Gasteiger partial charge on any atom is -0.432 e. The van der Waals surface area contributed by atoms with Gasteiger partial charge in [-0.05, 0) is 43.6 Å². The first-order valence-corrected chi connectivity index (χ1v) is 15.3. The molecule has 0 saturated heterocycles. The summed E-state index contributed by atoms with van der Waals surface area (Å²) < 4.78 is 19.7. The number of hydrogen-bond donors (Lipinski definition) is 0. The topological polar surface area (TPSA) is 27.7 Å². The molecule has 3 heteroatoms. The predicted octanol–water partition coefficient (Wildman–Crippen LogP) is 10.9. The molecule has 0 bridgehead atoms. The van der Waals surface area contributed by atoms with Crippen LogP contribution in [-0.4, -0.2) is 13.6 Å². The highest BCUT2D eigenvalue weighted by molar-refractivity contribution is 5.54. The molecule has 41 heavy (non-hydrogen) atoms. The zero-order valence-corrected chi connectivity index (χ0v) is 30.1. The summed E-state index contributed by atoms with van der Waals surface area (Å²) in [5.74, 6) is 1.71. The number of rotatable bonds is 5. The van der Waals surface area contributed by atoms with Crippen LogP contribution in [0.5, 0.6) is 11.5 Å². The molecular formula is C38H62O3. The van der Waals surface area contributed by atoms with Gasteiger partial charge in [0, 0.05) is 29.4 Å². The molecule has 0 aromatic heterocycles. The molecule has 0 saturated carbocycles. The van der Waals surface area contributed by atoms with Crippen molar-refractivity contribution in [1.82, 2.24) is 0 Å². The highest BCUT2D eigenvalue weighted by atomic mass is 16.8. The van der Waals surface area contributed by atoms with Gasteiger partial charge in [0.25, 0.3) is 0 Å². The van der Waals surface area contributed by atoms with Crippen LogP contribution in [-0.2, 0) is 37.2 Å². The van der Waals surface area contributed by atoms with Crippen molar-refractivity contribution in [3.8, 4) is 11.5 Å². The Morgan fingerprint density at radius 1 is 0.390 bits per heavy atom. The zero-order chi connectivity index (χ0) is 32.1. The summed E-state index contributed by atoms with van der Waals surface area (Å²) in [6.45, 7) is 39.7. The Kier molecular flexibility index (Phi) is 9.66. The van der Waals surface area contributed by atoms with Gasteiger partial charge >= 0.3 is 6.48 Å². The van der Waals surface area contributed by atoms with Gasteiger partial charge in [0.2, 0.25) is 0 Å². The summed E-state index contributed by atoms with van der Waals surface area (Å²) in [6.07, 6.45) is 0. The van der Waals surface area contributed by atoms with Crippen LogP contribution in [0.25, 0.3) is 0 Å². The van der Waals surface area contributed by atoms with Crippen LogP contribution < -0.4 is 9.47 Å². The van der Waals surface area contributed by atoms with E-state index in [9.17, 15) is 0 Å². The first kappa shape index (κ1) is 35.2. The van der Waals surface area contributed by atoms with Crippen molar-refractivity contribution in [3.63, 3.8) is 0 Å². The Morgan fingerprint density at radius 3 is 0.756 bits per heavy atom. The molecule has 0 aliphatic heterocycles. The molecule has 0 radical (unpaired) electrons. The summed E-state index contributed by atoms with van der Waals surface area (Å²) in [5.41, 5.74) is 6.70. The molecule has 3 nitrogen and oxygen atoms in total. The molecule has 232 valence electrons. The van der Waals surface area contributed by atoms with Gasteiger partial charge in [0.05, 0.1) is 0 Å². The van der Waals surface area contributed by atoms with Gasteiger partial charge in [-0.3, -0.25) is 0 Å². The van der Waals surface area contributed by atoms with E-state index in [1.165, 1.54) is 11.1 Å². The molecule has 0 atom stereocenters. The standard InChI is InChI=1S/C38H62O3/c1-33(2,3)24-20-26(35(7,8)9)30(27(21-24)36(10,11)12)40-32(39-19)41-31-28(37(13,14)15)22-25(34(4,5)6)23-29(31)38(16,17)18/h20-23,32H,1-19H3. The van der Waals surface area contributed by atoms with Crippen LogP contribution in [0.3, 0.4) is 0 Å². The van der Waals surface area contributed by atoms with Crippen LogP contribution in [0.15, 0.2) is 24.3 Å². The Balaban J connectivity index is 2.86. The van der Waals surface area contributed by atoms with Gasteiger partial charge in [0.15, 0.2) is 0 Å². The average molecular weight is 567 g/mol. The summed E-state index contributed by atoms with van der Waals surface area (Å²) in [7, 11) is 1.67. The monoisotopic (exact) mass is 566 g/mol. The highest BCUT2D eigenvalue weighted by Crippen LogP contribution is 2.46. The Bertz CT molecular complexity index is 1040. The molecule has 0 spiro atoms. The molecule has 0 fully saturated rings. The van der Waals surface area contributed by atoms with E-state index in [1.54, 1.807) is 7.11 Å². The third-order valence-electron chi connectivity index (χ3n) is 7.76. The van der Waals surface area contributed by atoms with Crippen molar-refractivity contribution in [2.75, 3.05) is 7.11 Å². The van der Waals surface area contributed by atoms with Crippen LogP contribution in [0, 0.1) is 0 Å². The summed E-state index contributed by atoms with van der Waals surface area (Å²) in [5, 5.41) is 0. The molecule has 0 unspecified atom stereocenters. The van der Waals surface area contributed by atoms with Crippen LogP contribution in [0.2, 0.25) is 0 Å². The minimum atomic E-state index is -0.916. The lowest BCUT2D eigenvalue weighted by Crippen LogP contribution is -2.32. The molecular weight excluding hydrogens is 504 g/mol. The smallest absolute Gasteiger partial charge is 0.360 e. The zero-order valence-electron chi connectivity index (χ0n) is 30.1. The molecule has 0 N–H and O–H groups in total. The van der Waals surface area contributed by atoms with E-state index in [-0.39, 0.29) is 32.5 Å². The van der Waals surface area contributed by atoms with Gasteiger partial charge in [-0.25, -0.2) is 0 Å². The fourth-order valence-electron chi connectivity index (χ4n) is 4.92. The van der Waals surface area contributed by atoms with Gasteiger partial charge in [0.1, 0.15) is 11.5 Å². The largest absolute Gasteiger partial charge is 0.432 e. The SMILES string of the molecule is COC(Oc1c(C(C)(C)C)cc(C(C)(C)C)cc1C(C)(C)C)Oc1c(C(C)(C)C)cc(C(C)(C)C)cc1C(C)(C)C. The number of benzene rings is 2. The lowest BCUT2D eigenvalue weighted by Gasteiger charge is -2.36. The lowest BCUT2D eigenvalue weighted by molar-refractivity contribution is -0.184. The number of ether oxygens (including phenoxy) is 3. The van der Waals surface area contributed by atoms with Crippen LogP contribution in [0.1, 0.15) is 158 Å². The maximum absolute atomic E-state index is 6.84. The van der Waals surface area contributed by atoms with Crippen molar-refractivity contribution >= 4 is 0 Å².